The average Bonchev–Trinajstić information content (AvgIpc) is 2.90. The van der Waals surface area contributed by atoms with Gasteiger partial charge >= 0.3 is 23.1 Å². The molecule has 1 aliphatic carbocycles. The van der Waals surface area contributed by atoms with E-state index < -0.39 is 64.8 Å². The summed E-state index contributed by atoms with van der Waals surface area (Å²) in [7, 11) is 1.84. The van der Waals surface area contributed by atoms with E-state index in [0.29, 0.717) is 0 Å². The van der Waals surface area contributed by atoms with Gasteiger partial charge in [0.25, 0.3) is 0 Å². The summed E-state index contributed by atoms with van der Waals surface area (Å²) in [5.41, 5.74) is 0. The molecule has 0 aromatic carbocycles. The van der Waals surface area contributed by atoms with Gasteiger partial charge < -0.3 is 14.0 Å². The Hall–Kier alpha value is -1.23. The van der Waals surface area contributed by atoms with Gasteiger partial charge in [0.1, 0.15) is 0 Å². The molecule has 0 aliphatic heterocycles. The highest BCUT2D eigenvalue weighted by atomic mass is 32.2. The molecule has 0 amide bonds. The first-order valence-electron chi connectivity index (χ1n) is 6.01. The summed E-state index contributed by atoms with van der Waals surface area (Å²) in [4.78, 5) is 22.9. The van der Waals surface area contributed by atoms with Crippen molar-refractivity contribution in [2.75, 3.05) is 14.2 Å². The molecule has 0 aromatic rings. The minimum absolute atomic E-state index is 0.485. The smallest absolute Gasteiger partial charge is 0.371 e. The number of hydrogen-bond acceptors (Lipinski definition) is 6. The van der Waals surface area contributed by atoms with Crippen LogP contribution in [0.1, 0.15) is 12.8 Å². The van der Waals surface area contributed by atoms with E-state index in [1.54, 1.807) is 0 Å². The van der Waals surface area contributed by atoms with Crippen molar-refractivity contribution in [2.45, 2.75) is 24.0 Å². The molecule has 11 heteroatoms. The number of alkyl halides is 4. The van der Waals surface area contributed by atoms with Crippen molar-refractivity contribution >= 4 is 23.0 Å². The number of esters is 2. The molecular formula is C11H13F4O6S-. The summed E-state index contributed by atoms with van der Waals surface area (Å²) in [5.74, 6) is -12.5. The van der Waals surface area contributed by atoms with E-state index in [9.17, 15) is 35.9 Å². The van der Waals surface area contributed by atoms with Gasteiger partial charge in [0, 0.05) is 17.0 Å². The van der Waals surface area contributed by atoms with E-state index in [4.69, 9.17) is 0 Å². The Morgan fingerprint density at radius 3 is 2.00 bits per heavy atom. The van der Waals surface area contributed by atoms with Crippen LogP contribution in [0.2, 0.25) is 0 Å². The molecule has 1 aliphatic rings. The summed E-state index contributed by atoms with van der Waals surface area (Å²) in [5, 5.41) is -5.38. The van der Waals surface area contributed by atoms with Crippen LogP contribution < -0.4 is 0 Å². The minimum Gasteiger partial charge on any atom is -0.768 e. The maximum absolute atomic E-state index is 13.9. The van der Waals surface area contributed by atoms with Gasteiger partial charge in [-0.2, -0.15) is 17.6 Å². The maximum Gasteiger partial charge on any atom is 0.371 e. The number of methoxy groups -OCH3 is 2. The highest BCUT2D eigenvalue weighted by molar-refractivity contribution is 7.80. The third kappa shape index (κ3) is 3.09. The van der Waals surface area contributed by atoms with Crippen LogP contribution in [0.5, 0.6) is 0 Å². The van der Waals surface area contributed by atoms with E-state index in [1.807, 2.05) is 0 Å². The molecule has 6 nitrogen and oxygen atoms in total. The second-order valence-electron chi connectivity index (χ2n) is 4.80. The second kappa shape index (κ2) is 6.49. The van der Waals surface area contributed by atoms with E-state index >= 15 is 0 Å². The Bertz CT molecular complexity index is 483. The molecule has 0 bridgehead atoms. The van der Waals surface area contributed by atoms with Crippen molar-refractivity contribution in [3.05, 3.63) is 0 Å². The fraction of sp³-hybridized carbons (Fsp3) is 0.818. The monoisotopic (exact) mass is 349 g/mol. The van der Waals surface area contributed by atoms with Gasteiger partial charge in [-0.3, -0.25) is 13.8 Å². The zero-order valence-electron chi connectivity index (χ0n) is 11.5. The van der Waals surface area contributed by atoms with Gasteiger partial charge in [0.05, 0.1) is 26.1 Å². The van der Waals surface area contributed by atoms with Gasteiger partial charge in [0.2, 0.25) is 0 Å². The molecule has 0 saturated heterocycles. The lowest BCUT2D eigenvalue weighted by Crippen LogP contribution is -2.51. The Labute approximate surface area is 125 Å². The summed E-state index contributed by atoms with van der Waals surface area (Å²) >= 11 is -4.40. The fourth-order valence-corrected chi connectivity index (χ4v) is 2.91. The van der Waals surface area contributed by atoms with E-state index in [1.165, 1.54) is 0 Å². The summed E-state index contributed by atoms with van der Waals surface area (Å²) < 4.78 is 83.9. The number of carbonyl (C=O) groups is 2. The maximum atomic E-state index is 13.9. The molecule has 22 heavy (non-hydrogen) atoms. The lowest BCUT2D eigenvalue weighted by Gasteiger charge is -2.34. The fourth-order valence-electron chi connectivity index (χ4n) is 2.54. The molecule has 0 aromatic heterocycles. The first-order chi connectivity index (χ1) is 10.0. The minimum atomic E-state index is -5.38. The Morgan fingerprint density at radius 2 is 1.59 bits per heavy atom. The van der Waals surface area contributed by atoms with Crippen LogP contribution in [0.3, 0.4) is 0 Å². The molecule has 1 rings (SSSR count). The van der Waals surface area contributed by atoms with Crippen molar-refractivity contribution in [1.29, 1.82) is 0 Å². The van der Waals surface area contributed by atoms with Gasteiger partial charge in [-0.05, 0) is 12.8 Å². The first kappa shape index (κ1) is 18.8. The first-order valence-corrected chi connectivity index (χ1v) is 7.08. The lowest BCUT2D eigenvalue weighted by molar-refractivity contribution is -0.202. The summed E-state index contributed by atoms with van der Waals surface area (Å²) in [6.07, 6.45) is -1.30. The second-order valence-corrected chi connectivity index (χ2v) is 5.78. The van der Waals surface area contributed by atoms with Crippen LogP contribution >= 0.6 is 0 Å². The quantitative estimate of drug-likeness (QED) is 0.419. The molecular weight excluding hydrogens is 336 g/mol. The van der Waals surface area contributed by atoms with Gasteiger partial charge in [-0.15, -0.1) is 0 Å². The normalized spacial score (nSPS) is 27.3. The molecule has 2 unspecified atom stereocenters. The summed E-state index contributed by atoms with van der Waals surface area (Å²) in [6.45, 7) is 0. The van der Waals surface area contributed by atoms with Crippen LogP contribution in [0.25, 0.3) is 0 Å². The van der Waals surface area contributed by atoms with Crippen LogP contribution in [-0.4, -0.2) is 46.1 Å². The predicted molar refractivity (Wildman–Crippen MR) is 62.5 cm³/mol. The molecule has 0 radical (unpaired) electrons. The highest BCUT2D eigenvalue weighted by Gasteiger charge is 2.67. The Kier molecular flexibility index (Phi) is 5.55. The van der Waals surface area contributed by atoms with Crippen molar-refractivity contribution in [3.8, 4) is 0 Å². The molecule has 1 fully saturated rings. The van der Waals surface area contributed by atoms with Crippen molar-refractivity contribution in [1.82, 2.24) is 0 Å². The van der Waals surface area contributed by atoms with Gasteiger partial charge in [-0.25, -0.2) is 0 Å². The number of carbonyl (C=O) groups excluding carboxylic acids is 2. The van der Waals surface area contributed by atoms with E-state index in [2.05, 4.69) is 9.47 Å². The zero-order chi connectivity index (χ0) is 17.3. The molecule has 0 spiro atoms. The average molecular weight is 349 g/mol. The van der Waals surface area contributed by atoms with Crippen LogP contribution in [0, 0.1) is 17.8 Å². The molecule has 1 saturated carbocycles. The van der Waals surface area contributed by atoms with E-state index in [-0.39, 0.29) is 0 Å². The Balaban J connectivity index is 3.19. The molecule has 0 heterocycles. The third-order valence-corrected chi connectivity index (χ3v) is 4.35. The highest BCUT2D eigenvalue weighted by Crippen LogP contribution is 2.52. The van der Waals surface area contributed by atoms with Gasteiger partial charge in [-0.1, -0.05) is 0 Å². The van der Waals surface area contributed by atoms with E-state index in [0.717, 1.165) is 14.2 Å². The Morgan fingerprint density at radius 1 is 1.09 bits per heavy atom. The zero-order valence-corrected chi connectivity index (χ0v) is 12.3. The third-order valence-electron chi connectivity index (χ3n) is 3.66. The van der Waals surface area contributed by atoms with Crippen molar-refractivity contribution < 1.29 is 45.4 Å². The standard InChI is InChI=1S/C11H14F4O6S/c1-20-8(16)5-3-6(9(17)21-2)7(4-5)10(12,13)11(14,15)22(18)19/h5-7H,3-4H2,1-2H3,(H,18,19)/p-1/t5-,6+,7?/m1/s1. The molecule has 4 atom stereocenters. The van der Waals surface area contributed by atoms with Crippen molar-refractivity contribution in [2.24, 2.45) is 17.8 Å². The topological polar surface area (TPSA) is 92.7 Å². The van der Waals surface area contributed by atoms with Gasteiger partial charge in [0.15, 0.2) is 0 Å². The predicted octanol–water partition coefficient (Wildman–Crippen LogP) is 1.08. The van der Waals surface area contributed by atoms with Crippen LogP contribution in [0.4, 0.5) is 17.6 Å². The number of hydrogen-bond donors (Lipinski definition) is 0. The molecule has 128 valence electrons. The van der Waals surface area contributed by atoms with Crippen LogP contribution in [0.15, 0.2) is 0 Å². The number of ether oxygens (including phenoxy) is 2. The summed E-state index contributed by atoms with van der Waals surface area (Å²) in [6, 6.07) is 0. The van der Waals surface area contributed by atoms with Crippen LogP contribution in [-0.2, 0) is 30.1 Å². The van der Waals surface area contributed by atoms with Crippen molar-refractivity contribution in [3.63, 3.8) is 0 Å². The SMILES string of the molecule is COC(=O)[C@H]1CC(C(F)(F)C(F)(F)S(=O)[O-])[C@@H](C(=O)OC)C1. The largest absolute Gasteiger partial charge is 0.768 e. The number of halogens is 4. The number of rotatable bonds is 5. The molecule has 0 N–H and O–H groups in total. The lowest BCUT2D eigenvalue weighted by atomic mass is 9.89.